The molecule has 4 rings (SSSR count). The number of hydrogen-bond donors (Lipinski definition) is 2. The first-order valence-corrected chi connectivity index (χ1v) is 12.9. The molecule has 0 aromatic carbocycles. The first kappa shape index (κ1) is 24.5. The second kappa shape index (κ2) is 9.54. The minimum absolute atomic E-state index is 0.0264. The summed E-state index contributed by atoms with van der Waals surface area (Å²) in [6.45, 7) is 12.9. The van der Waals surface area contributed by atoms with Gasteiger partial charge in [0.2, 0.25) is 0 Å². The standard InChI is InChI=1S/C29H42O4/c1-17(2)24-16-23(33-28(24)32)13-18(3)25-10-11-26-20(7-6-12-29(25,26)5)8-9-21-14-22(30)15-27(31)19(21)4/h8-9,18,22-23,25-27,30-31H,4,6-7,10-16H2,1-3,5H3/t18-,22-,23?,25-,26?,27+,29-/m1/s1. The molecule has 2 N–H and O–H groups in total. The number of carbonyl (C=O) groups excluding carboxylic acids is 1. The van der Waals surface area contributed by atoms with Crippen molar-refractivity contribution in [2.24, 2.45) is 23.2 Å². The van der Waals surface area contributed by atoms with Crippen LogP contribution >= 0.6 is 0 Å². The first-order chi connectivity index (χ1) is 15.6. The lowest BCUT2D eigenvalue weighted by Crippen LogP contribution is -2.36. The van der Waals surface area contributed by atoms with Gasteiger partial charge in [-0.2, -0.15) is 0 Å². The second-order valence-corrected chi connectivity index (χ2v) is 11.6. The summed E-state index contributed by atoms with van der Waals surface area (Å²) in [5, 5.41) is 20.2. The molecule has 0 aromatic rings. The van der Waals surface area contributed by atoms with Crippen LogP contribution < -0.4 is 0 Å². The predicted octanol–water partition coefficient (Wildman–Crippen LogP) is 5.81. The van der Waals surface area contributed by atoms with E-state index in [2.05, 4.69) is 32.6 Å². The summed E-state index contributed by atoms with van der Waals surface area (Å²) in [5.41, 5.74) is 5.51. The van der Waals surface area contributed by atoms with Gasteiger partial charge in [0, 0.05) is 18.4 Å². The highest BCUT2D eigenvalue weighted by Crippen LogP contribution is 2.60. The van der Waals surface area contributed by atoms with Crippen LogP contribution in [0.15, 0.2) is 46.6 Å². The molecule has 1 heterocycles. The molecule has 4 fully saturated rings. The summed E-state index contributed by atoms with van der Waals surface area (Å²) in [4.78, 5) is 12.2. The number of hydrogen-bond acceptors (Lipinski definition) is 4. The Balaban J connectivity index is 1.47. The average Bonchev–Trinajstić information content (AvgIpc) is 3.29. The zero-order chi connectivity index (χ0) is 23.9. The molecule has 0 spiro atoms. The maximum absolute atomic E-state index is 12.2. The van der Waals surface area contributed by atoms with E-state index in [1.807, 2.05) is 13.8 Å². The monoisotopic (exact) mass is 454 g/mol. The van der Waals surface area contributed by atoms with Crippen molar-refractivity contribution in [1.29, 1.82) is 0 Å². The molecule has 1 saturated heterocycles. The van der Waals surface area contributed by atoms with E-state index in [1.54, 1.807) is 0 Å². The number of aliphatic hydroxyl groups is 2. The van der Waals surface area contributed by atoms with Crippen molar-refractivity contribution in [1.82, 2.24) is 0 Å². The molecule has 2 unspecified atom stereocenters. The van der Waals surface area contributed by atoms with Crippen molar-refractivity contribution in [3.8, 4) is 0 Å². The van der Waals surface area contributed by atoms with Gasteiger partial charge in [-0.25, -0.2) is 4.79 Å². The number of fused-ring (bicyclic) bond motifs is 1. The molecule has 1 aliphatic heterocycles. The lowest BCUT2D eigenvalue weighted by atomic mass is 9.60. The number of aliphatic hydroxyl groups excluding tert-OH is 2. The van der Waals surface area contributed by atoms with Gasteiger partial charge in [0.05, 0.1) is 12.2 Å². The molecule has 3 aliphatic carbocycles. The third-order valence-corrected chi connectivity index (χ3v) is 9.18. The molecule has 4 heteroatoms. The molecule has 0 aromatic heterocycles. The summed E-state index contributed by atoms with van der Waals surface area (Å²) in [6.07, 6.45) is 12.0. The van der Waals surface area contributed by atoms with Gasteiger partial charge in [-0.1, -0.05) is 43.7 Å². The van der Waals surface area contributed by atoms with Gasteiger partial charge in [0.15, 0.2) is 0 Å². The summed E-state index contributed by atoms with van der Waals surface area (Å²) < 4.78 is 5.72. The fraction of sp³-hybridized carbons (Fsp3) is 0.690. The number of cyclic esters (lactones) is 1. The van der Waals surface area contributed by atoms with Gasteiger partial charge >= 0.3 is 5.97 Å². The molecule has 4 aliphatic rings. The van der Waals surface area contributed by atoms with Gasteiger partial charge < -0.3 is 14.9 Å². The first-order valence-electron chi connectivity index (χ1n) is 12.9. The zero-order valence-corrected chi connectivity index (χ0v) is 20.9. The highest BCUT2D eigenvalue weighted by molar-refractivity contribution is 5.91. The van der Waals surface area contributed by atoms with E-state index in [1.165, 1.54) is 31.3 Å². The predicted molar refractivity (Wildman–Crippen MR) is 131 cm³/mol. The zero-order valence-electron chi connectivity index (χ0n) is 20.9. The molecule has 33 heavy (non-hydrogen) atoms. The van der Waals surface area contributed by atoms with Crippen LogP contribution in [0.2, 0.25) is 0 Å². The lowest BCUT2D eigenvalue weighted by molar-refractivity contribution is -0.139. The minimum Gasteiger partial charge on any atom is -0.459 e. The van der Waals surface area contributed by atoms with Crippen LogP contribution in [-0.2, 0) is 9.53 Å². The molecule has 0 bridgehead atoms. The van der Waals surface area contributed by atoms with Crippen LogP contribution in [0.5, 0.6) is 0 Å². The second-order valence-electron chi connectivity index (χ2n) is 11.6. The highest BCUT2D eigenvalue weighted by atomic mass is 16.5. The Morgan fingerprint density at radius 2 is 2.00 bits per heavy atom. The Bertz CT molecular complexity index is 889. The molecule has 7 atom stereocenters. The van der Waals surface area contributed by atoms with Crippen LogP contribution in [0, 0.1) is 23.2 Å². The maximum Gasteiger partial charge on any atom is 0.334 e. The Kier molecular flexibility index (Phi) is 7.08. The Labute approximate surface area is 199 Å². The molecule has 0 amide bonds. The van der Waals surface area contributed by atoms with Gasteiger partial charge in [-0.3, -0.25) is 0 Å². The molecule has 0 radical (unpaired) electrons. The van der Waals surface area contributed by atoms with Crippen LogP contribution in [-0.4, -0.2) is 34.5 Å². The van der Waals surface area contributed by atoms with Gasteiger partial charge in [0.25, 0.3) is 0 Å². The smallest absolute Gasteiger partial charge is 0.334 e. The van der Waals surface area contributed by atoms with E-state index in [4.69, 9.17) is 4.74 Å². The molecular weight excluding hydrogens is 412 g/mol. The summed E-state index contributed by atoms with van der Waals surface area (Å²) in [6, 6.07) is 0. The number of carbonyl (C=O) groups is 1. The topological polar surface area (TPSA) is 66.8 Å². The van der Waals surface area contributed by atoms with Crippen molar-refractivity contribution >= 4 is 5.97 Å². The largest absolute Gasteiger partial charge is 0.459 e. The van der Waals surface area contributed by atoms with Gasteiger partial charge in [-0.05, 0) is 93.1 Å². The molecule has 4 nitrogen and oxygen atoms in total. The van der Waals surface area contributed by atoms with Crippen molar-refractivity contribution in [3.05, 3.63) is 46.6 Å². The third-order valence-electron chi connectivity index (χ3n) is 9.18. The van der Waals surface area contributed by atoms with Crippen LogP contribution in [0.25, 0.3) is 0 Å². The van der Waals surface area contributed by atoms with E-state index in [-0.39, 0.29) is 17.5 Å². The average molecular weight is 455 g/mol. The number of esters is 1. The summed E-state index contributed by atoms with van der Waals surface area (Å²) in [7, 11) is 0. The summed E-state index contributed by atoms with van der Waals surface area (Å²) >= 11 is 0. The van der Waals surface area contributed by atoms with E-state index in [0.717, 1.165) is 41.6 Å². The van der Waals surface area contributed by atoms with E-state index >= 15 is 0 Å². The van der Waals surface area contributed by atoms with Crippen LogP contribution in [0.1, 0.15) is 85.5 Å². The van der Waals surface area contributed by atoms with Crippen molar-refractivity contribution < 1.29 is 19.7 Å². The quantitative estimate of drug-likeness (QED) is 0.416. The van der Waals surface area contributed by atoms with Crippen LogP contribution in [0.3, 0.4) is 0 Å². The Hall–Kier alpha value is -1.65. The van der Waals surface area contributed by atoms with E-state index < -0.39 is 12.2 Å². The maximum atomic E-state index is 12.2. The minimum atomic E-state index is -0.636. The lowest BCUT2D eigenvalue weighted by Gasteiger charge is -2.44. The van der Waals surface area contributed by atoms with Gasteiger partial charge in [-0.15, -0.1) is 0 Å². The molecular formula is C29H42O4. The third kappa shape index (κ3) is 4.79. The van der Waals surface area contributed by atoms with Crippen molar-refractivity contribution in [2.45, 2.75) is 104 Å². The fourth-order valence-corrected chi connectivity index (χ4v) is 7.37. The van der Waals surface area contributed by atoms with E-state index in [9.17, 15) is 15.0 Å². The van der Waals surface area contributed by atoms with E-state index in [0.29, 0.717) is 30.6 Å². The number of rotatable bonds is 4. The Morgan fingerprint density at radius 3 is 2.70 bits per heavy atom. The number of ether oxygens (including phenoxy) is 1. The normalized spacial score (nSPS) is 40.3. The fourth-order valence-electron chi connectivity index (χ4n) is 7.37. The molecule has 182 valence electrons. The number of allylic oxidation sites excluding steroid dienone is 4. The van der Waals surface area contributed by atoms with Crippen molar-refractivity contribution in [3.63, 3.8) is 0 Å². The van der Waals surface area contributed by atoms with Gasteiger partial charge in [0.1, 0.15) is 6.10 Å². The Morgan fingerprint density at radius 1 is 1.24 bits per heavy atom. The van der Waals surface area contributed by atoms with Crippen molar-refractivity contribution in [2.75, 3.05) is 0 Å². The van der Waals surface area contributed by atoms with Crippen LogP contribution in [0.4, 0.5) is 0 Å². The SMILES string of the molecule is C=C1C(=CC=C2CCC[C@@]3(C)C2CC[C@@H]3[C@H](C)CC2CC(=C(C)C)C(=O)O2)C[C@@H](O)C[C@@H]1O. The highest BCUT2D eigenvalue weighted by Gasteiger charge is 2.51. The summed E-state index contributed by atoms with van der Waals surface area (Å²) in [5.74, 6) is 1.64. The molecule has 3 saturated carbocycles.